The van der Waals surface area contributed by atoms with Crippen LogP contribution in [0, 0.1) is 5.82 Å². The Bertz CT molecular complexity index is 891. The number of carbonyl (C=O) groups is 2. The first-order valence-electron chi connectivity index (χ1n) is 7.75. The van der Waals surface area contributed by atoms with Gasteiger partial charge in [0, 0.05) is 0 Å². The molecule has 2 aromatic carbocycles. The van der Waals surface area contributed by atoms with Gasteiger partial charge in [0.15, 0.2) is 5.11 Å². The molecule has 0 radical (unpaired) electrons. The lowest BCUT2D eigenvalue weighted by atomic mass is 10.1. The third-order valence-electron chi connectivity index (χ3n) is 3.86. The Morgan fingerprint density at radius 1 is 1.16 bits per heavy atom. The van der Waals surface area contributed by atoms with Crippen molar-refractivity contribution in [2.24, 2.45) is 0 Å². The molecule has 1 N–H and O–H groups in total. The fourth-order valence-corrected chi connectivity index (χ4v) is 2.82. The Kier molecular flexibility index (Phi) is 4.72. The SMILES string of the molecule is CCc1ccc(N2C(=O)C(=Cc3cccc(F)c3)C(=O)NC2=S)cc1. The summed E-state index contributed by atoms with van der Waals surface area (Å²) >= 11 is 5.15. The number of nitrogens with zero attached hydrogens (tertiary/aromatic N) is 1. The summed E-state index contributed by atoms with van der Waals surface area (Å²) in [5.41, 5.74) is 2.02. The summed E-state index contributed by atoms with van der Waals surface area (Å²) in [4.78, 5) is 26.2. The molecule has 2 aromatic rings. The fourth-order valence-electron chi connectivity index (χ4n) is 2.54. The van der Waals surface area contributed by atoms with E-state index in [0.717, 1.165) is 12.0 Å². The predicted octanol–water partition coefficient (Wildman–Crippen LogP) is 3.22. The van der Waals surface area contributed by atoms with Gasteiger partial charge < -0.3 is 0 Å². The van der Waals surface area contributed by atoms with Crippen molar-refractivity contribution >= 4 is 40.9 Å². The van der Waals surface area contributed by atoms with Gasteiger partial charge in [0.05, 0.1) is 5.69 Å². The monoisotopic (exact) mass is 354 g/mol. The quantitative estimate of drug-likeness (QED) is 0.523. The summed E-state index contributed by atoms with van der Waals surface area (Å²) in [6.07, 6.45) is 2.23. The topological polar surface area (TPSA) is 49.4 Å². The van der Waals surface area contributed by atoms with Gasteiger partial charge in [-0.15, -0.1) is 0 Å². The number of aryl methyl sites for hydroxylation is 1. The van der Waals surface area contributed by atoms with E-state index in [1.54, 1.807) is 18.2 Å². The van der Waals surface area contributed by atoms with Crippen LogP contribution < -0.4 is 10.2 Å². The highest BCUT2D eigenvalue weighted by Gasteiger charge is 2.34. The maximum Gasteiger partial charge on any atom is 0.270 e. The van der Waals surface area contributed by atoms with Crippen LogP contribution in [0.2, 0.25) is 0 Å². The number of rotatable bonds is 3. The molecule has 0 unspecified atom stereocenters. The Labute approximate surface area is 150 Å². The first-order chi connectivity index (χ1) is 12.0. The van der Waals surface area contributed by atoms with Crippen LogP contribution in [-0.2, 0) is 16.0 Å². The second kappa shape index (κ2) is 6.94. The predicted molar refractivity (Wildman–Crippen MR) is 98.4 cm³/mol. The highest BCUT2D eigenvalue weighted by atomic mass is 32.1. The maximum absolute atomic E-state index is 13.3. The zero-order valence-electron chi connectivity index (χ0n) is 13.5. The molecule has 0 spiro atoms. The second-order valence-electron chi connectivity index (χ2n) is 5.53. The Morgan fingerprint density at radius 3 is 2.52 bits per heavy atom. The molecule has 3 rings (SSSR count). The van der Waals surface area contributed by atoms with Gasteiger partial charge in [-0.05, 0) is 60.1 Å². The number of amides is 2. The highest BCUT2D eigenvalue weighted by Crippen LogP contribution is 2.22. The summed E-state index contributed by atoms with van der Waals surface area (Å²) < 4.78 is 13.3. The van der Waals surface area contributed by atoms with E-state index in [2.05, 4.69) is 5.32 Å². The van der Waals surface area contributed by atoms with E-state index in [4.69, 9.17) is 12.2 Å². The van der Waals surface area contributed by atoms with Crippen molar-refractivity contribution in [3.05, 3.63) is 71.0 Å². The van der Waals surface area contributed by atoms with Crippen molar-refractivity contribution in [2.45, 2.75) is 13.3 Å². The van der Waals surface area contributed by atoms with Gasteiger partial charge in [0.25, 0.3) is 11.8 Å². The van der Waals surface area contributed by atoms with Crippen LogP contribution in [0.15, 0.2) is 54.1 Å². The van der Waals surface area contributed by atoms with Crippen LogP contribution in [0.3, 0.4) is 0 Å². The van der Waals surface area contributed by atoms with Crippen molar-refractivity contribution in [1.82, 2.24) is 5.32 Å². The lowest BCUT2D eigenvalue weighted by Crippen LogP contribution is -2.54. The molecule has 1 heterocycles. The smallest absolute Gasteiger partial charge is 0.270 e. The molecular formula is C19H15FN2O2S. The number of nitrogens with one attached hydrogen (secondary N) is 1. The number of carbonyl (C=O) groups excluding carboxylic acids is 2. The normalized spacial score (nSPS) is 16.3. The molecule has 2 amide bonds. The lowest BCUT2D eigenvalue weighted by molar-refractivity contribution is -0.122. The van der Waals surface area contributed by atoms with Crippen molar-refractivity contribution in [2.75, 3.05) is 4.90 Å². The summed E-state index contributed by atoms with van der Waals surface area (Å²) in [6.45, 7) is 2.03. The second-order valence-corrected chi connectivity index (χ2v) is 5.92. The van der Waals surface area contributed by atoms with Crippen LogP contribution in [0.25, 0.3) is 6.08 Å². The van der Waals surface area contributed by atoms with Crippen LogP contribution in [0.1, 0.15) is 18.1 Å². The zero-order valence-corrected chi connectivity index (χ0v) is 14.3. The summed E-state index contributed by atoms with van der Waals surface area (Å²) in [6, 6.07) is 13.0. The molecule has 0 aliphatic carbocycles. The minimum atomic E-state index is -0.597. The molecule has 0 aromatic heterocycles. The van der Waals surface area contributed by atoms with Crippen molar-refractivity contribution in [3.63, 3.8) is 0 Å². The van der Waals surface area contributed by atoms with E-state index in [1.165, 1.54) is 29.2 Å². The molecule has 1 aliphatic rings. The van der Waals surface area contributed by atoms with E-state index < -0.39 is 17.6 Å². The Hall–Kier alpha value is -2.86. The van der Waals surface area contributed by atoms with E-state index >= 15 is 0 Å². The van der Waals surface area contributed by atoms with Gasteiger partial charge in [-0.1, -0.05) is 31.2 Å². The van der Waals surface area contributed by atoms with Crippen LogP contribution in [0.5, 0.6) is 0 Å². The highest BCUT2D eigenvalue weighted by molar-refractivity contribution is 7.80. The fraction of sp³-hybridized carbons (Fsp3) is 0.105. The first-order valence-corrected chi connectivity index (χ1v) is 8.16. The van der Waals surface area contributed by atoms with Crippen molar-refractivity contribution in [1.29, 1.82) is 0 Å². The molecule has 1 saturated heterocycles. The van der Waals surface area contributed by atoms with Gasteiger partial charge in [0.2, 0.25) is 0 Å². The molecule has 0 bridgehead atoms. The molecule has 0 saturated carbocycles. The van der Waals surface area contributed by atoms with Gasteiger partial charge in [0.1, 0.15) is 11.4 Å². The molecule has 4 nitrogen and oxygen atoms in total. The number of halogens is 1. The largest absolute Gasteiger partial charge is 0.298 e. The molecule has 0 atom stereocenters. The van der Waals surface area contributed by atoms with Gasteiger partial charge in [-0.3, -0.25) is 19.8 Å². The van der Waals surface area contributed by atoms with Crippen LogP contribution in [0.4, 0.5) is 10.1 Å². The van der Waals surface area contributed by atoms with Crippen LogP contribution >= 0.6 is 12.2 Å². The molecule has 25 heavy (non-hydrogen) atoms. The summed E-state index contributed by atoms with van der Waals surface area (Å²) in [5.74, 6) is -1.58. The average Bonchev–Trinajstić information content (AvgIpc) is 2.59. The summed E-state index contributed by atoms with van der Waals surface area (Å²) in [7, 11) is 0. The number of hydrogen-bond acceptors (Lipinski definition) is 3. The van der Waals surface area contributed by atoms with E-state index in [1.807, 2.05) is 19.1 Å². The third-order valence-corrected chi connectivity index (χ3v) is 4.15. The molecule has 126 valence electrons. The first kappa shape index (κ1) is 17.0. The van der Waals surface area contributed by atoms with Gasteiger partial charge in [-0.25, -0.2) is 4.39 Å². The van der Waals surface area contributed by atoms with Crippen molar-refractivity contribution < 1.29 is 14.0 Å². The van der Waals surface area contributed by atoms with Crippen molar-refractivity contribution in [3.8, 4) is 0 Å². The Morgan fingerprint density at radius 2 is 1.88 bits per heavy atom. The van der Waals surface area contributed by atoms with Gasteiger partial charge in [-0.2, -0.15) is 0 Å². The summed E-state index contributed by atoms with van der Waals surface area (Å²) in [5, 5.41) is 2.53. The lowest BCUT2D eigenvalue weighted by Gasteiger charge is -2.29. The van der Waals surface area contributed by atoms with E-state index in [0.29, 0.717) is 11.3 Å². The minimum Gasteiger partial charge on any atom is -0.298 e. The zero-order chi connectivity index (χ0) is 18.0. The average molecular weight is 354 g/mol. The number of anilines is 1. The number of benzene rings is 2. The van der Waals surface area contributed by atoms with Gasteiger partial charge >= 0.3 is 0 Å². The van der Waals surface area contributed by atoms with E-state index in [9.17, 15) is 14.0 Å². The molecule has 1 aliphatic heterocycles. The van der Waals surface area contributed by atoms with E-state index in [-0.39, 0.29) is 10.7 Å². The Balaban J connectivity index is 1.99. The van der Waals surface area contributed by atoms with Crippen LogP contribution in [-0.4, -0.2) is 16.9 Å². The molecule has 1 fully saturated rings. The number of thiocarbonyl (C=S) groups is 1. The third kappa shape index (κ3) is 3.49. The molecular weight excluding hydrogens is 339 g/mol. The number of hydrogen-bond donors (Lipinski definition) is 1. The minimum absolute atomic E-state index is 0.0237. The maximum atomic E-state index is 13.3. The molecule has 6 heteroatoms. The standard InChI is InChI=1S/C19H15FN2O2S/c1-2-12-6-8-15(9-7-12)22-18(24)16(17(23)21-19(22)25)11-13-4-3-5-14(20)10-13/h3-11H,2H2,1H3,(H,21,23,25).